The number of rotatable bonds is 7. The van der Waals surface area contributed by atoms with E-state index in [1.807, 2.05) is 31.2 Å². The molecule has 38 heavy (non-hydrogen) atoms. The molecular weight excluding hydrogens is 514 g/mol. The van der Waals surface area contributed by atoms with Crippen LogP contribution in [-0.4, -0.2) is 69.3 Å². The molecule has 1 aliphatic carbocycles. The quantitative estimate of drug-likeness (QED) is 0.492. The summed E-state index contributed by atoms with van der Waals surface area (Å²) >= 11 is 1.53. The Morgan fingerprint density at radius 2 is 1.82 bits per heavy atom. The Hall–Kier alpha value is -2.92. The normalized spacial score (nSPS) is 24.0. The van der Waals surface area contributed by atoms with Crippen LogP contribution in [0.1, 0.15) is 57.8 Å². The molecule has 2 unspecified atom stereocenters. The fraction of sp³-hybridized carbons (Fsp3) is 0.556. The van der Waals surface area contributed by atoms with Gasteiger partial charge in [-0.25, -0.2) is 13.8 Å². The van der Waals surface area contributed by atoms with Crippen LogP contribution in [0, 0.1) is 12.3 Å². The van der Waals surface area contributed by atoms with Gasteiger partial charge in [0.2, 0.25) is 11.8 Å². The van der Waals surface area contributed by atoms with Gasteiger partial charge in [0.25, 0.3) is 5.91 Å². The lowest BCUT2D eigenvalue weighted by molar-refractivity contribution is -0.145. The highest BCUT2D eigenvalue weighted by atomic mass is 32.1. The summed E-state index contributed by atoms with van der Waals surface area (Å²) in [6.45, 7) is 8.30. The Bertz CT molecular complexity index is 1210. The predicted octanol–water partition coefficient (Wildman–Crippen LogP) is 3.24. The average molecular weight is 549 g/mol. The monoisotopic (exact) mass is 548 g/mol. The van der Waals surface area contributed by atoms with Crippen LogP contribution in [0.3, 0.4) is 0 Å². The Labute approximate surface area is 224 Å². The van der Waals surface area contributed by atoms with Gasteiger partial charge in [-0.1, -0.05) is 45.0 Å². The lowest BCUT2D eigenvalue weighted by Gasteiger charge is -2.36. The SMILES string of the molecule is Cc1ncsc1-c1ccc([C@H](C)NC(=O)C2[C@@H](F)[C@@H](O)CN2C(=O)C(NC(=O)C2(F)CC2)C(C)(C)C)cc1. The second-order valence-electron chi connectivity index (χ2n) is 11.3. The first-order valence-corrected chi connectivity index (χ1v) is 13.5. The van der Waals surface area contributed by atoms with E-state index in [9.17, 15) is 23.9 Å². The Morgan fingerprint density at radius 3 is 2.34 bits per heavy atom. The number of amides is 3. The van der Waals surface area contributed by atoms with E-state index < -0.39 is 65.8 Å². The number of alkyl halides is 2. The van der Waals surface area contributed by atoms with Crippen molar-refractivity contribution < 1.29 is 28.3 Å². The molecule has 2 heterocycles. The lowest BCUT2D eigenvalue weighted by atomic mass is 9.85. The molecule has 3 N–H and O–H groups in total. The van der Waals surface area contributed by atoms with Crippen LogP contribution in [0.4, 0.5) is 8.78 Å². The molecule has 0 radical (unpaired) electrons. The van der Waals surface area contributed by atoms with Gasteiger partial charge in [0.1, 0.15) is 18.2 Å². The molecule has 4 rings (SSSR count). The predicted molar refractivity (Wildman–Crippen MR) is 140 cm³/mol. The van der Waals surface area contributed by atoms with E-state index in [1.54, 1.807) is 33.2 Å². The molecule has 1 aliphatic heterocycles. The second-order valence-corrected chi connectivity index (χ2v) is 12.2. The van der Waals surface area contributed by atoms with Crippen molar-refractivity contribution in [2.24, 2.45) is 5.41 Å². The number of benzene rings is 1. The smallest absolute Gasteiger partial charge is 0.258 e. The van der Waals surface area contributed by atoms with Crippen LogP contribution in [0.5, 0.6) is 0 Å². The molecular formula is C27H34F2N4O4S. The number of carbonyl (C=O) groups excluding carboxylic acids is 3. The van der Waals surface area contributed by atoms with Crippen molar-refractivity contribution in [1.82, 2.24) is 20.5 Å². The van der Waals surface area contributed by atoms with Gasteiger partial charge in [-0.2, -0.15) is 0 Å². The number of hydrogen-bond acceptors (Lipinski definition) is 6. The first-order chi connectivity index (χ1) is 17.7. The molecule has 2 aromatic rings. The summed E-state index contributed by atoms with van der Waals surface area (Å²) < 4.78 is 29.4. The zero-order valence-electron chi connectivity index (χ0n) is 22.1. The summed E-state index contributed by atoms with van der Waals surface area (Å²) in [7, 11) is 0. The number of halogens is 2. The molecule has 2 fully saturated rings. The third kappa shape index (κ3) is 5.58. The molecule has 1 saturated carbocycles. The number of carbonyl (C=O) groups is 3. The van der Waals surface area contributed by atoms with E-state index in [2.05, 4.69) is 15.6 Å². The van der Waals surface area contributed by atoms with Gasteiger partial charge < -0.3 is 20.6 Å². The third-order valence-electron chi connectivity index (χ3n) is 7.20. The van der Waals surface area contributed by atoms with Crippen molar-refractivity contribution in [3.05, 3.63) is 41.0 Å². The van der Waals surface area contributed by atoms with Gasteiger partial charge in [0.15, 0.2) is 11.8 Å². The number of hydrogen-bond donors (Lipinski definition) is 3. The number of β-amino-alcohol motifs (C(OH)–C–C–N with tert-alkyl or cyclic N) is 1. The van der Waals surface area contributed by atoms with Gasteiger partial charge in [-0.05, 0) is 43.2 Å². The molecule has 11 heteroatoms. The average Bonchev–Trinajstić information content (AvgIpc) is 3.34. The maximum absolute atomic E-state index is 15.1. The Morgan fingerprint density at radius 1 is 1.18 bits per heavy atom. The molecule has 1 saturated heterocycles. The third-order valence-corrected chi connectivity index (χ3v) is 8.18. The van der Waals surface area contributed by atoms with Crippen LogP contribution < -0.4 is 10.6 Å². The van der Waals surface area contributed by atoms with E-state index in [1.165, 1.54) is 11.3 Å². The number of nitrogens with one attached hydrogen (secondary N) is 2. The maximum Gasteiger partial charge on any atom is 0.258 e. The highest BCUT2D eigenvalue weighted by Crippen LogP contribution is 2.40. The lowest BCUT2D eigenvalue weighted by Crippen LogP contribution is -2.59. The minimum Gasteiger partial charge on any atom is -0.388 e. The summed E-state index contributed by atoms with van der Waals surface area (Å²) in [6.07, 6.45) is -3.44. The molecule has 8 nitrogen and oxygen atoms in total. The number of nitrogens with zero attached hydrogens (tertiary/aromatic N) is 2. The van der Waals surface area contributed by atoms with Gasteiger partial charge in [-0.3, -0.25) is 14.4 Å². The zero-order valence-corrected chi connectivity index (χ0v) is 22.9. The van der Waals surface area contributed by atoms with Gasteiger partial charge in [-0.15, -0.1) is 11.3 Å². The summed E-state index contributed by atoms with van der Waals surface area (Å²) in [6, 6.07) is 4.22. The molecule has 2 aliphatic rings. The first kappa shape index (κ1) is 28.1. The van der Waals surface area contributed by atoms with Crippen molar-refractivity contribution in [3.8, 4) is 10.4 Å². The summed E-state index contributed by atoms with van der Waals surface area (Å²) in [5, 5.41) is 15.5. The fourth-order valence-electron chi connectivity index (χ4n) is 4.61. The Kier molecular flexibility index (Phi) is 7.64. The van der Waals surface area contributed by atoms with E-state index in [0.717, 1.165) is 26.6 Å². The van der Waals surface area contributed by atoms with Gasteiger partial charge in [0, 0.05) is 0 Å². The number of aromatic nitrogens is 1. The minimum absolute atomic E-state index is 0.0760. The molecule has 1 aromatic heterocycles. The number of aryl methyl sites for hydroxylation is 1. The van der Waals surface area contributed by atoms with E-state index in [4.69, 9.17) is 0 Å². The van der Waals surface area contributed by atoms with Gasteiger partial charge >= 0.3 is 0 Å². The van der Waals surface area contributed by atoms with Crippen molar-refractivity contribution in [2.45, 2.75) is 83.5 Å². The zero-order chi connectivity index (χ0) is 28.0. The summed E-state index contributed by atoms with van der Waals surface area (Å²) in [5.41, 5.74) is 1.60. The largest absolute Gasteiger partial charge is 0.388 e. The van der Waals surface area contributed by atoms with E-state index >= 15 is 4.39 Å². The Balaban J connectivity index is 1.49. The molecule has 1 aromatic carbocycles. The van der Waals surface area contributed by atoms with Crippen molar-refractivity contribution in [2.75, 3.05) is 6.54 Å². The van der Waals surface area contributed by atoms with Crippen LogP contribution in [-0.2, 0) is 14.4 Å². The molecule has 3 amide bonds. The van der Waals surface area contributed by atoms with Crippen LogP contribution in [0.15, 0.2) is 29.8 Å². The maximum atomic E-state index is 15.1. The van der Waals surface area contributed by atoms with Crippen LogP contribution >= 0.6 is 11.3 Å². The summed E-state index contributed by atoms with van der Waals surface area (Å²) in [5.74, 6) is -2.40. The fourth-order valence-corrected chi connectivity index (χ4v) is 5.42. The topological polar surface area (TPSA) is 112 Å². The molecule has 5 atom stereocenters. The highest BCUT2D eigenvalue weighted by Gasteiger charge is 2.54. The number of aliphatic hydroxyl groups is 1. The van der Waals surface area contributed by atoms with Crippen molar-refractivity contribution in [3.63, 3.8) is 0 Å². The second kappa shape index (κ2) is 10.3. The number of aliphatic hydroxyl groups excluding tert-OH is 1. The molecule has 0 bridgehead atoms. The number of thiazole rings is 1. The minimum atomic E-state index is -2.02. The molecule has 206 valence electrons. The van der Waals surface area contributed by atoms with Crippen LogP contribution in [0.25, 0.3) is 10.4 Å². The van der Waals surface area contributed by atoms with Crippen molar-refractivity contribution >= 4 is 29.1 Å². The van der Waals surface area contributed by atoms with Crippen molar-refractivity contribution in [1.29, 1.82) is 0 Å². The van der Waals surface area contributed by atoms with Crippen LogP contribution in [0.2, 0.25) is 0 Å². The van der Waals surface area contributed by atoms with Gasteiger partial charge in [0.05, 0.1) is 28.7 Å². The standard InChI is InChI=1S/C27H34F2N4O4S/c1-14(16-6-8-17(9-7-16)21-15(2)30-13-38-21)31-23(35)20-19(28)18(34)12-33(20)24(36)22(26(3,4)5)32-25(37)27(29)10-11-27/h6-9,13-14,18-20,22,34H,10-12H2,1-5H3,(H,31,35)(H,32,37)/t14-,18-,19-,20?,22?/m0/s1. The first-order valence-electron chi connectivity index (χ1n) is 12.7. The number of likely N-dealkylation sites (tertiary alicyclic amines) is 1. The summed E-state index contributed by atoms with van der Waals surface area (Å²) in [4.78, 5) is 45.5. The highest BCUT2D eigenvalue weighted by molar-refractivity contribution is 7.13. The molecule has 0 spiro atoms. The van der Waals surface area contributed by atoms with E-state index in [-0.39, 0.29) is 12.8 Å². The van der Waals surface area contributed by atoms with E-state index in [0.29, 0.717) is 0 Å².